The Kier molecular flexibility index (Phi) is 5.16. The van der Waals surface area contributed by atoms with Crippen molar-refractivity contribution in [1.29, 1.82) is 0 Å². The summed E-state index contributed by atoms with van der Waals surface area (Å²) in [6.45, 7) is 0.773. The predicted molar refractivity (Wildman–Crippen MR) is 77.8 cm³/mol. The molecule has 0 fully saturated rings. The van der Waals surface area contributed by atoms with Gasteiger partial charge in [-0.25, -0.2) is 0 Å². The molecular formula is C16H21NO3. The Bertz CT molecular complexity index is 484. The van der Waals surface area contributed by atoms with Crippen molar-refractivity contribution in [2.75, 3.05) is 11.4 Å². The number of benzene rings is 1. The number of anilines is 1. The number of carbonyl (C=O) groups is 2. The smallest absolute Gasteiger partial charge is 0.303 e. The number of nitrogens with zero attached hydrogens (tertiary/aromatic N) is 1. The molecule has 0 unspecified atom stereocenters. The van der Waals surface area contributed by atoms with Crippen LogP contribution in [0.4, 0.5) is 5.69 Å². The van der Waals surface area contributed by atoms with Crippen molar-refractivity contribution in [3.8, 4) is 0 Å². The Morgan fingerprint density at radius 3 is 2.60 bits per heavy atom. The zero-order valence-corrected chi connectivity index (χ0v) is 11.7. The van der Waals surface area contributed by atoms with Crippen LogP contribution in [-0.4, -0.2) is 23.5 Å². The first-order valence-electron chi connectivity index (χ1n) is 7.28. The fraction of sp³-hybridized carbons (Fsp3) is 0.500. The van der Waals surface area contributed by atoms with Crippen molar-refractivity contribution >= 4 is 17.6 Å². The molecular weight excluding hydrogens is 254 g/mol. The van der Waals surface area contributed by atoms with Crippen molar-refractivity contribution < 1.29 is 14.7 Å². The molecule has 0 spiro atoms. The molecule has 0 atom stereocenters. The van der Waals surface area contributed by atoms with E-state index in [2.05, 4.69) is 0 Å². The van der Waals surface area contributed by atoms with E-state index in [1.165, 1.54) is 0 Å². The minimum absolute atomic E-state index is 0.192. The summed E-state index contributed by atoms with van der Waals surface area (Å²) in [6.07, 6.45) is 5.56. The average molecular weight is 275 g/mol. The van der Waals surface area contributed by atoms with E-state index in [0.717, 1.165) is 49.9 Å². The molecule has 1 heterocycles. The molecule has 0 aromatic heterocycles. The number of carboxylic acids is 1. The van der Waals surface area contributed by atoms with Crippen LogP contribution < -0.4 is 4.90 Å². The van der Waals surface area contributed by atoms with Gasteiger partial charge in [-0.1, -0.05) is 37.5 Å². The van der Waals surface area contributed by atoms with Crippen molar-refractivity contribution in [2.45, 2.75) is 44.9 Å². The average Bonchev–Trinajstić information content (AvgIpc) is 2.73. The number of hydrogen-bond donors (Lipinski definition) is 1. The number of unbranched alkanes of at least 4 members (excludes halogenated alkanes) is 4. The molecule has 20 heavy (non-hydrogen) atoms. The molecule has 108 valence electrons. The maximum atomic E-state index is 11.9. The first kappa shape index (κ1) is 14.6. The topological polar surface area (TPSA) is 57.6 Å². The normalized spacial score (nSPS) is 13.6. The van der Waals surface area contributed by atoms with Crippen molar-refractivity contribution in [2.24, 2.45) is 0 Å². The van der Waals surface area contributed by atoms with Crippen LogP contribution in [0.2, 0.25) is 0 Å². The highest BCUT2D eigenvalue weighted by Gasteiger charge is 2.25. The monoisotopic (exact) mass is 275 g/mol. The molecule has 0 bridgehead atoms. The summed E-state index contributed by atoms with van der Waals surface area (Å²) >= 11 is 0. The van der Waals surface area contributed by atoms with E-state index in [9.17, 15) is 9.59 Å². The number of para-hydroxylation sites is 1. The summed E-state index contributed by atoms with van der Waals surface area (Å²) in [5, 5.41) is 8.54. The number of hydrogen-bond acceptors (Lipinski definition) is 2. The van der Waals surface area contributed by atoms with Gasteiger partial charge in [-0.05, 0) is 24.5 Å². The lowest BCUT2D eigenvalue weighted by molar-refractivity contribution is -0.137. The molecule has 1 amide bonds. The van der Waals surface area contributed by atoms with Gasteiger partial charge in [0, 0.05) is 18.7 Å². The van der Waals surface area contributed by atoms with Gasteiger partial charge in [0.2, 0.25) is 5.91 Å². The van der Waals surface area contributed by atoms with Gasteiger partial charge in [0.25, 0.3) is 0 Å². The van der Waals surface area contributed by atoms with Crippen molar-refractivity contribution in [3.05, 3.63) is 29.8 Å². The second-order valence-electron chi connectivity index (χ2n) is 5.26. The largest absolute Gasteiger partial charge is 0.481 e. The van der Waals surface area contributed by atoms with Crippen LogP contribution in [-0.2, 0) is 16.0 Å². The molecule has 0 aliphatic carbocycles. The first-order valence-corrected chi connectivity index (χ1v) is 7.28. The van der Waals surface area contributed by atoms with E-state index < -0.39 is 5.97 Å². The highest BCUT2D eigenvalue weighted by Crippen LogP contribution is 2.28. The Hall–Kier alpha value is -1.84. The van der Waals surface area contributed by atoms with Gasteiger partial charge in [-0.3, -0.25) is 9.59 Å². The van der Waals surface area contributed by atoms with Gasteiger partial charge in [-0.2, -0.15) is 0 Å². The predicted octanol–water partition coefficient (Wildman–Crippen LogP) is 3.00. The third-order valence-corrected chi connectivity index (χ3v) is 3.70. The molecule has 1 aliphatic rings. The Morgan fingerprint density at radius 2 is 1.80 bits per heavy atom. The SMILES string of the molecule is O=C(O)CCCCCCCN1C(=O)Cc2ccccc21. The van der Waals surface area contributed by atoms with E-state index in [1.807, 2.05) is 29.2 Å². The number of fused-ring (bicyclic) bond motifs is 1. The summed E-state index contributed by atoms with van der Waals surface area (Å²) in [5.41, 5.74) is 2.18. The summed E-state index contributed by atoms with van der Waals surface area (Å²) in [5.74, 6) is -0.527. The zero-order chi connectivity index (χ0) is 14.4. The molecule has 0 saturated heterocycles. The van der Waals surface area contributed by atoms with Crippen LogP contribution >= 0.6 is 0 Å². The fourth-order valence-electron chi connectivity index (χ4n) is 2.64. The van der Waals surface area contributed by atoms with E-state index in [1.54, 1.807) is 0 Å². The van der Waals surface area contributed by atoms with Crippen LogP contribution in [0.3, 0.4) is 0 Å². The number of carboxylic acid groups (broad SMARTS) is 1. The van der Waals surface area contributed by atoms with Crippen LogP contribution in [0.15, 0.2) is 24.3 Å². The Balaban J connectivity index is 1.67. The van der Waals surface area contributed by atoms with Crippen LogP contribution in [0.5, 0.6) is 0 Å². The van der Waals surface area contributed by atoms with Crippen molar-refractivity contribution in [3.63, 3.8) is 0 Å². The number of amides is 1. The third kappa shape index (κ3) is 3.83. The van der Waals surface area contributed by atoms with Gasteiger partial charge in [0.1, 0.15) is 0 Å². The summed E-state index contributed by atoms with van der Waals surface area (Å²) in [4.78, 5) is 24.2. The van der Waals surface area contributed by atoms with Gasteiger partial charge in [0.05, 0.1) is 6.42 Å². The molecule has 0 saturated carbocycles. The molecule has 1 N–H and O–H groups in total. The minimum Gasteiger partial charge on any atom is -0.481 e. The summed E-state index contributed by atoms with van der Waals surface area (Å²) < 4.78 is 0. The maximum Gasteiger partial charge on any atom is 0.303 e. The first-order chi connectivity index (χ1) is 9.68. The lowest BCUT2D eigenvalue weighted by Crippen LogP contribution is -2.27. The second kappa shape index (κ2) is 7.08. The molecule has 1 aromatic carbocycles. The zero-order valence-electron chi connectivity index (χ0n) is 11.7. The van der Waals surface area contributed by atoms with Crippen molar-refractivity contribution in [1.82, 2.24) is 0 Å². The summed E-state index contributed by atoms with van der Waals surface area (Å²) in [6, 6.07) is 7.96. The van der Waals surface area contributed by atoms with Crippen LogP contribution in [0, 0.1) is 0 Å². The third-order valence-electron chi connectivity index (χ3n) is 3.70. The van der Waals surface area contributed by atoms with Gasteiger partial charge in [-0.15, -0.1) is 0 Å². The number of rotatable bonds is 8. The van der Waals surface area contributed by atoms with Crippen LogP contribution in [0.25, 0.3) is 0 Å². The standard InChI is InChI=1S/C16H21NO3/c18-15-12-13-8-5-6-9-14(13)17(15)11-7-3-1-2-4-10-16(19)20/h5-6,8-9H,1-4,7,10-12H2,(H,19,20). The van der Waals surface area contributed by atoms with Gasteiger partial charge < -0.3 is 10.0 Å². The van der Waals surface area contributed by atoms with Gasteiger partial charge >= 0.3 is 5.97 Å². The quantitative estimate of drug-likeness (QED) is 0.742. The van der Waals surface area contributed by atoms with E-state index in [0.29, 0.717) is 6.42 Å². The molecule has 4 nitrogen and oxygen atoms in total. The lowest BCUT2D eigenvalue weighted by atomic mass is 10.1. The molecule has 1 aliphatic heterocycles. The summed E-state index contributed by atoms with van der Waals surface area (Å²) in [7, 11) is 0. The maximum absolute atomic E-state index is 11.9. The van der Waals surface area contributed by atoms with Gasteiger partial charge in [0.15, 0.2) is 0 Å². The molecule has 1 aromatic rings. The molecule has 4 heteroatoms. The highest BCUT2D eigenvalue weighted by atomic mass is 16.4. The molecule has 0 radical (unpaired) electrons. The highest BCUT2D eigenvalue weighted by molar-refractivity contribution is 6.01. The number of aliphatic carboxylic acids is 1. The Morgan fingerprint density at radius 1 is 1.10 bits per heavy atom. The molecule has 2 rings (SSSR count). The second-order valence-corrected chi connectivity index (χ2v) is 5.26. The lowest BCUT2D eigenvalue weighted by Gasteiger charge is -2.17. The van der Waals surface area contributed by atoms with E-state index in [4.69, 9.17) is 5.11 Å². The number of carbonyl (C=O) groups excluding carboxylic acids is 1. The van der Waals surface area contributed by atoms with E-state index in [-0.39, 0.29) is 12.3 Å². The Labute approximate surface area is 119 Å². The fourth-order valence-corrected chi connectivity index (χ4v) is 2.64. The van der Waals surface area contributed by atoms with E-state index >= 15 is 0 Å². The van der Waals surface area contributed by atoms with Crippen LogP contribution in [0.1, 0.15) is 44.1 Å². The minimum atomic E-state index is -0.718.